The van der Waals surface area contributed by atoms with Gasteiger partial charge >= 0.3 is 12.0 Å². The second kappa shape index (κ2) is 41.8. The first kappa shape index (κ1) is 87.7. The molecule has 13 atom stereocenters. The lowest BCUT2D eigenvalue weighted by Gasteiger charge is -2.41. The molecule has 5 rings (SSSR count). The highest BCUT2D eigenvalue weighted by atomic mass is 19.2. The summed E-state index contributed by atoms with van der Waals surface area (Å²) in [5.41, 5.74) is 6.05. The number of Topliss-reactive ketones (excluding diaryl/α,β-unsaturated/α-hetero) is 2. The van der Waals surface area contributed by atoms with Gasteiger partial charge in [0.2, 0.25) is 52.8 Å². The third kappa shape index (κ3) is 24.8. The van der Waals surface area contributed by atoms with E-state index in [1.807, 2.05) is 72.4 Å². The number of hydrogen-bond acceptors (Lipinski definition) is 16. The Morgan fingerprint density at radius 3 is 1.93 bits per heavy atom. The number of nitrogens with two attached hydrogens (primary N) is 1. The van der Waals surface area contributed by atoms with Crippen LogP contribution < -0.4 is 37.1 Å². The second-order valence-corrected chi connectivity index (χ2v) is 29.7. The van der Waals surface area contributed by atoms with E-state index in [0.29, 0.717) is 62.3 Å². The summed E-state index contributed by atoms with van der Waals surface area (Å²) in [4.78, 5) is 150. The molecule has 2 unspecified atom stereocenters. The summed E-state index contributed by atoms with van der Waals surface area (Å²) in [6, 6.07) is 7.71. The van der Waals surface area contributed by atoms with Crippen molar-refractivity contribution < 1.29 is 79.7 Å². The highest BCUT2D eigenvalue weighted by Gasteiger charge is 2.44. The van der Waals surface area contributed by atoms with Crippen molar-refractivity contribution in [2.45, 2.75) is 215 Å². The van der Waals surface area contributed by atoms with E-state index in [1.165, 1.54) is 14.2 Å². The average molecular weight is 1480 g/mol. The van der Waals surface area contributed by atoms with Crippen LogP contribution in [0.3, 0.4) is 0 Å². The number of nitrogens with one attached hydrogen (secondary N) is 5. The van der Waals surface area contributed by atoms with Gasteiger partial charge in [0.05, 0.1) is 54.6 Å². The molecule has 105 heavy (non-hydrogen) atoms. The summed E-state index contributed by atoms with van der Waals surface area (Å²) in [7, 11) is 8.39. The average Bonchev–Trinajstić information content (AvgIpc) is 1.15. The molecular weight excluding hydrogens is 1360 g/mol. The van der Waals surface area contributed by atoms with Gasteiger partial charge < -0.3 is 61.2 Å². The standard InChI is InChI=1S/C77H115F4N11O13/c1-17-46(8)69(90(14)75(100)67(44(4)5)88-74(99)68(45(6)7)89(12)13)59(103-15)41-61(96)92-35-21-25-56(92)70(104-16)48(10)57(93)40-53(38-55-24-18-19-32-83-55)72(97)85-42-50-27-29-54(30-28-50)86-73(98)51(23-20-33-84-77(82)102)39-58(94)66(43(2)3)87-60(95)26-22-34-91-36-31-52(37-47(91)9)76(101)105-71-64(80)62(78)49(11)63(79)65(71)81/h18-19,24,27-30,32,43-48,51-53,56,59,66-70H,17,20-23,25-26,31,33-42H2,1-16H3,(H,85,97)(H,86,98)(H,87,95)(H,88,99)(H3,82,84,102)/t46-,47?,48-,51+,52?,53+,56-,59+,66-,67-,68-,69-,70+/m0/s1. The van der Waals surface area contributed by atoms with Crippen LogP contribution in [0.15, 0.2) is 48.7 Å². The highest BCUT2D eigenvalue weighted by Crippen LogP contribution is 2.34. The van der Waals surface area contributed by atoms with Crippen LogP contribution in [0.2, 0.25) is 0 Å². The number of rotatable bonds is 41. The quantitative estimate of drug-likeness (QED) is 0.0102. The number of carbonyl (C=O) groups is 10. The largest absolute Gasteiger partial charge is 0.420 e. The third-order valence-corrected chi connectivity index (χ3v) is 20.7. The minimum atomic E-state index is -1.80. The van der Waals surface area contributed by atoms with Gasteiger partial charge in [0.15, 0.2) is 17.4 Å². The van der Waals surface area contributed by atoms with Gasteiger partial charge in [-0.1, -0.05) is 86.9 Å². The molecule has 584 valence electrons. The molecule has 2 aliphatic heterocycles. The molecule has 2 fully saturated rings. The zero-order valence-electron chi connectivity index (χ0n) is 64.2. The highest BCUT2D eigenvalue weighted by molar-refractivity contribution is 5.97. The molecule has 1 aromatic heterocycles. The van der Waals surface area contributed by atoms with E-state index in [9.17, 15) is 65.5 Å². The number of anilines is 1. The van der Waals surface area contributed by atoms with Crippen molar-refractivity contribution in [1.29, 1.82) is 0 Å². The molecular formula is C77H115F4N11O13. The summed E-state index contributed by atoms with van der Waals surface area (Å²) in [5, 5.41) is 14.2. The smallest absolute Gasteiger partial charge is 0.314 e. The number of aromatic nitrogens is 1. The Labute approximate surface area is 616 Å². The second-order valence-electron chi connectivity index (χ2n) is 29.7. The number of esters is 1. The van der Waals surface area contributed by atoms with Crippen LogP contribution in [0.1, 0.15) is 163 Å². The van der Waals surface area contributed by atoms with Crippen molar-refractivity contribution in [3.05, 3.63) is 88.8 Å². The molecule has 3 heterocycles. The van der Waals surface area contributed by atoms with Gasteiger partial charge in [0.25, 0.3) is 0 Å². The molecule has 3 aromatic rings. The van der Waals surface area contributed by atoms with Crippen molar-refractivity contribution in [2.75, 3.05) is 66.9 Å². The fraction of sp³-hybridized carbons (Fsp3) is 0.649. The van der Waals surface area contributed by atoms with Gasteiger partial charge in [0.1, 0.15) is 11.8 Å². The molecule has 0 saturated carbocycles. The number of amides is 8. The maximum Gasteiger partial charge on any atom is 0.314 e. The Morgan fingerprint density at radius 1 is 0.724 bits per heavy atom. The van der Waals surface area contributed by atoms with Crippen molar-refractivity contribution in [3.8, 4) is 5.75 Å². The summed E-state index contributed by atoms with van der Waals surface area (Å²) in [6.07, 6.45) is 2.88. The topological polar surface area (TPSA) is 310 Å². The molecule has 2 aromatic carbocycles. The van der Waals surface area contributed by atoms with E-state index in [4.69, 9.17) is 19.9 Å². The van der Waals surface area contributed by atoms with E-state index >= 15 is 0 Å². The van der Waals surface area contributed by atoms with Crippen molar-refractivity contribution in [2.24, 2.45) is 53.1 Å². The number of likely N-dealkylation sites (N-methyl/N-ethyl adjacent to an activating group) is 2. The normalized spacial score (nSPS) is 18.4. The first-order chi connectivity index (χ1) is 49.6. The van der Waals surface area contributed by atoms with Crippen LogP contribution in [-0.4, -0.2) is 194 Å². The summed E-state index contributed by atoms with van der Waals surface area (Å²) in [5.74, 6) is -16.2. The number of nitrogens with zero attached hydrogens (tertiary/aromatic N) is 5. The third-order valence-electron chi connectivity index (χ3n) is 20.7. The van der Waals surface area contributed by atoms with Crippen LogP contribution in [0.25, 0.3) is 0 Å². The minimum absolute atomic E-state index is 0.0143. The summed E-state index contributed by atoms with van der Waals surface area (Å²) in [6.45, 7) is 21.0. The van der Waals surface area contributed by atoms with E-state index in [-0.39, 0.29) is 124 Å². The predicted molar refractivity (Wildman–Crippen MR) is 390 cm³/mol. The number of pyridine rings is 1. The van der Waals surface area contributed by atoms with E-state index in [1.54, 1.807) is 86.3 Å². The van der Waals surface area contributed by atoms with Crippen molar-refractivity contribution in [1.82, 2.24) is 45.9 Å². The van der Waals surface area contributed by atoms with Crippen LogP contribution in [0.4, 0.5) is 28.0 Å². The van der Waals surface area contributed by atoms with Crippen LogP contribution in [0.5, 0.6) is 5.75 Å². The molecule has 28 heteroatoms. The molecule has 8 amide bonds. The van der Waals surface area contributed by atoms with Gasteiger partial charge in [-0.3, -0.25) is 53.0 Å². The number of ketones is 2. The summed E-state index contributed by atoms with van der Waals surface area (Å²) >= 11 is 0. The molecule has 0 radical (unpaired) electrons. The minimum Gasteiger partial charge on any atom is -0.420 e. The number of methoxy groups -OCH3 is 2. The number of primary amides is 1. The van der Waals surface area contributed by atoms with E-state index in [0.717, 1.165) is 6.92 Å². The Kier molecular flexibility index (Phi) is 34.9. The predicted octanol–water partition coefficient (Wildman–Crippen LogP) is 8.62. The number of hydrogen-bond donors (Lipinski definition) is 6. The van der Waals surface area contributed by atoms with Gasteiger partial charge in [-0.15, -0.1) is 0 Å². The molecule has 0 spiro atoms. The SMILES string of the molecule is CC[C@H](C)[C@@H]([C@@H](CC(=O)N1CCC[C@H]1[C@H](OC)[C@@H](C)C(=O)C[C@@H](Cc1ccccn1)C(=O)NCc1ccc(NC(=O)[C@H](CCCNC(N)=O)CC(=O)[C@@H](NC(=O)CCCN2CCC(C(=O)Oc3c(F)c(F)c(C)c(F)c3F)CC2C)C(C)C)cc1)OC)N(C)C(=O)[C@@H](NC(=O)[C@H](C(C)C)N(C)C)C(C)C. The fourth-order valence-corrected chi connectivity index (χ4v) is 14.5. The number of piperidine rings is 1. The number of ether oxygens (including phenoxy) is 3. The van der Waals surface area contributed by atoms with Crippen LogP contribution >= 0.6 is 0 Å². The Balaban J connectivity index is 1.19. The Morgan fingerprint density at radius 2 is 1.37 bits per heavy atom. The van der Waals surface area contributed by atoms with Crippen molar-refractivity contribution >= 4 is 64.7 Å². The molecule has 2 aliphatic rings. The first-order valence-corrected chi connectivity index (χ1v) is 36.9. The number of urea groups is 1. The zero-order valence-corrected chi connectivity index (χ0v) is 64.2. The first-order valence-electron chi connectivity index (χ1n) is 36.9. The number of benzene rings is 2. The van der Waals surface area contributed by atoms with E-state index < -0.39 is 136 Å². The number of carbonyl (C=O) groups excluding carboxylic acids is 10. The molecule has 0 aliphatic carbocycles. The van der Waals surface area contributed by atoms with Crippen molar-refractivity contribution in [3.63, 3.8) is 0 Å². The Hall–Kier alpha value is -7.95. The van der Waals surface area contributed by atoms with Gasteiger partial charge in [-0.2, -0.15) is 8.78 Å². The molecule has 7 N–H and O–H groups in total. The van der Waals surface area contributed by atoms with Gasteiger partial charge in [-0.05, 0) is 139 Å². The number of likely N-dealkylation sites (tertiary alicyclic amines) is 2. The fourth-order valence-electron chi connectivity index (χ4n) is 14.5. The van der Waals surface area contributed by atoms with Crippen LogP contribution in [-0.2, 0) is 65.6 Å². The molecule has 0 bridgehead atoms. The monoisotopic (exact) mass is 1480 g/mol. The molecule has 2 saturated heterocycles. The summed E-state index contributed by atoms with van der Waals surface area (Å²) < 4.78 is 74.4. The van der Waals surface area contributed by atoms with Gasteiger partial charge in [0, 0.05) is 108 Å². The van der Waals surface area contributed by atoms with E-state index in [2.05, 4.69) is 31.6 Å². The van der Waals surface area contributed by atoms with Gasteiger partial charge in [-0.25, -0.2) is 13.6 Å². The number of halogens is 4. The van der Waals surface area contributed by atoms with Crippen LogP contribution in [0, 0.1) is 77.5 Å². The lowest BCUT2D eigenvalue weighted by molar-refractivity contribution is -0.148. The zero-order chi connectivity index (χ0) is 78.3. The molecule has 24 nitrogen and oxygen atoms in total. The lowest BCUT2D eigenvalue weighted by atomic mass is 9.85. The Bertz CT molecular complexity index is 3390. The maximum atomic E-state index is 14.7. The maximum absolute atomic E-state index is 14.7. The lowest BCUT2D eigenvalue weighted by Crippen LogP contribution is -2.59.